The van der Waals surface area contributed by atoms with Crippen LogP contribution >= 0.6 is 0 Å². The molecule has 0 unspecified atom stereocenters. The van der Waals surface area contributed by atoms with Crippen molar-refractivity contribution in [1.82, 2.24) is 0 Å². The third-order valence-electron chi connectivity index (χ3n) is 12.5. The number of nitrogens with zero attached hydrogens (tertiary/aromatic N) is 1. The Balaban J connectivity index is 1.06. The second-order valence-corrected chi connectivity index (χ2v) is 16.5. The fraction of sp³-hybridized carbons (Fsp3) is 0. The summed E-state index contributed by atoms with van der Waals surface area (Å²) in [5.74, 6) is 0. The molecule has 0 aromatic heterocycles. The van der Waals surface area contributed by atoms with E-state index in [1.807, 2.05) is 0 Å². The van der Waals surface area contributed by atoms with Gasteiger partial charge in [-0.2, -0.15) is 0 Å². The van der Waals surface area contributed by atoms with Gasteiger partial charge in [-0.1, -0.05) is 224 Å². The highest BCUT2D eigenvalue weighted by molar-refractivity contribution is 5.99. The van der Waals surface area contributed by atoms with Gasteiger partial charge >= 0.3 is 0 Å². The summed E-state index contributed by atoms with van der Waals surface area (Å²) >= 11 is 0. The van der Waals surface area contributed by atoms with Gasteiger partial charge in [-0.3, -0.25) is 0 Å². The third kappa shape index (κ3) is 8.04. The smallest absolute Gasteiger partial charge is 0.0467 e. The van der Waals surface area contributed by atoms with Crippen molar-refractivity contribution in [2.75, 3.05) is 4.90 Å². The van der Waals surface area contributed by atoms with Crippen molar-refractivity contribution in [2.45, 2.75) is 0 Å². The van der Waals surface area contributed by atoms with Crippen LogP contribution in [-0.2, 0) is 0 Å². The van der Waals surface area contributed by atoms with Crippen molar-refractivity contribution in [1.29, 1.82) is 0 Å². The summed E-state index contributed by atoms with van der Waals surface area (Å²) in [6.07, 6.45) is 0. The average Bonchev–Trinajstić information content (AvgIpc) is 3.40. The van der Waals surface area contributed by atoms with Crippen LogP contribution in [0.1, 0.15) is 0 Å². The molecule has 0 aliphatic rings. The third-order valence-corrected chi connectivity index (χ3v) is 12.5. The predicted octanol–water partition coefficient (Wildman–Crippen LogP) is 18.0. The number of anilines is 3. The van der Waals surface area contributed by atoms with Gasteiger partial charge < -0.3 is 4.90 Å². The molecule has 1 heteroatoms. The fourth-order valence-corrected chi connectivity index (χ4v) is 9.24. The van der Waals surface area contributed by atoms with Gasteiger partial charge in [0.1, 0.15) is 0 Å². The van der Waals surface area contributed by atoms with Crippen molar-refractivity contribution in [3.05, 3.63) is 273 Å². The van der Waals surface area contributed by atoms with Crippen LogP contribution < -0.4 is 4.90 Å². The van der Waals surface area contributed by atoms with Gasteiger partial charge in [0, 0.05) is 17.1 Å². The lowest BCUT2D eigenvalue weighted by molar-refractivity contribution is 1.28. The van der Waals surface area contributed by atoms with Gasteiger partial charge in [0.05, 0.1) is 0 Å². The number of fused-ring (bicyclic) bond motifs is 1. The van der Waals surface area contributed by atoms with Gasteiger partial charge in [0.2, 0.25) is 0 Å². The summed E-state index contributed by atoms with van der Waals surface area (Å²) in [7, 11) is 0. The minimum absolute atomic E-state index is 1.07. The molecule has 0 saturated heterocycles. The molecule has 0 bridgehead atoms. The van der Waals surface area contributed by atoms with E-state index in [9.17, 15) is 0 Å². The first-order valence-corrected chi connectivity index (χ1v) is 22.3. The van der Waals surface area contributed by atoms with E-state index in [4.69, 9.17) is 0 Å². The molecule has 0 aliphatic heterocycles. The van der Waals surface area contributed by atoms with Crippen LogP contribution in [0.4, 0.5) is 17.1 Å². The monoisotopic (exact) mass is 827 g/mol. The molecule has 0 spiro atoms. The van der Waals surface area contributed by atoms with Crippen LogP contribution in [0.5, 0.6) is 0 Å². The van der Waals surface area contributed by atoms with Crippen molar-refractivity contribution < 1.29 is 0 Å². The van der Waals surface area contributed by atoms with E-state index in [0.29, 0.717) is 0 Å². The Bertz CT molecular complexity index is 3290. The van der Waals surface area contributed by atoms with Crippen LogP contribution in [0.25, 0.3) is 88.7 Å². The molecule has 0 aliphatic carbocycles. The highest BCUT2D eigenvalue weighted by atomic mass is 15.1. The molecule has 0 N–H and O–H groups in total. The maximum absolute atomic E-state index is 2.39. The molecular formula is C64H45N. The Morgan fingerprint density at radius 3 is 1.11 bits per heavy atom. The Morgan fingerprint density at radius 1 is 0.200 bits per heavy atom. The first kappa shape index (κ1) is 39.3. The predicted molar refractivity (Wildman–Crippen MR) is 277 cm³/mol. The molecule has 65 heavy (non-hydrogen) atoms. The lowest BCUT2D eigenvalue weighted by Crippen LogP contribution is -2.10. The van der Waals surface area contributed by atoms with E-state index in [2.05, 4.69) is 278 Å². The maximum atomic E-state index is 2.39. The lowest BCUT2D eigenvalue weighted by atomic mass is 9.84. The normalized spacial score (nSPS) is 11.1. The number of hydrogen-bond donors (Lipinski definition) is 0. The van der Waals surface area contributed by atoms with Gasteiger partial charge in [0.25, 0.3) is 0 Å². The van der Waals surface area contributed by atoms with Crippen molar-refractivity contribution in [3.63, 3.8) is 0 Å². The summed E-state index contributed by atoms with van der Waals surface area (Å²) in [5.41, 5.74) is 19.9. The Kier molecular flexibility index (Phi) is 10.7. The topological polar surface area (TPSA) is 3.24 Å². The van der Waals surface area contributed by atoms with Crippen LogP contribution in [0, 0.1) is 0 Å². The molecule has 11 aromatic rings. The minimum atomic E-state index is 1.07. The first-order valence-electron chi connectivity index (χ1n) is 22.3. The SMILES string of the molecule is c1ccc(-c2ccc(-c3ccc(N(c4ccc(-c5cccc6ccccc56)cc4)c4cccc(-c5c(-c6ccccc6)cc(-c6ccccc6)cc5-c5ccccc5)c4)cc3)cc2)cc1. The molecule has 11 rings (SSSR count). The van der Waals surface area contributed by atoms with Crippen LogP contribution in [0.2, 0.25) is 0 Å². The molecule has 0 atom stereocenters. The molecule has 0 fully saturated rings. The zero-order chi connectivity index (χ0) is 43.4. The first-order chi connectivity index (χ1) is 32.2. The second-order valence-electron chi connectivity index (χ2n) is 16.5. The number of hydrogen-bond acceptors (Lipinski definition) is 1. The fourth-order valence-electron chi connectivity index (χ4n) is 9.24. The molecule has 0 radical (unpaired) electrons. The Morgan fingerprint density at radius 2 is 0.569 bits per heavy atom. The van der Waals surface area contributed by atoms with E-state index in [1.165, 1.54) is 83.1 Å². The molecule has 0 amide bonds. The summed E-state index contributed by atoms with van der Waals surface area (Å²) in [6, 6.07) is 98.9. The summed E-state index contributed by atoms with van der Waals surface area (Å²) in [5, 5.41) is 2.49. The van der Waals surface area contributed by atoms with E-state index < -0.39 is 0 Å². The van der Waals surface area contributed by atoms with E-state index in [-0.39, 0.29) is 0 Å². The van der Waals surface area contributed by atoms with E-state index >= 15 is 0 Å². The Hall–Kier alpha value is -8.52. The quantitative estimate of drug-likeness (QED) is 0.133. The largest absolute Gasteiger partial charge is 0.310 e. The van der Waals surface area contributed by atoms with Gasteiger partial charge in [0.15, 0.2) is 0 Å². The number of benzene rings is 11. The van der Waals surface area contributed by atoms with Crippen LogP contribution in [-0.4, -0.2) is 0 Å². The molecule has 306 valence electrons. The number of rotatable bonds is 10. The Labute approximate surface area is 381 Å². The molecule has 0 saturated carbocycles. The summed E-state index contributed by atoms with van der Waals surface area (Å²) in [6.45, 7) is 0. The average molecular weight is 828 g/mol. The zero-order valence-corrected chi connectivity index (χ0v) is 35.9. The highest BCUT2D eigenvalue weighted by Crippen LogP contribution is 2.46. The van der Waals surface area contributed by atoms with Crippen LogP contribution in [0.15, 0.2) is 273 Å². The zero-order valence-electron chi connectivity index (χ0n) is 35.9. The van der Waals surface area contributed by atoms with E-state index in [1.54, 1.807) is 0 Å². The van der Waals surface area contributed by atoms with E-state index in [0.717, 1.165) is 22.6 Å². The second kappa shape index (κ2) is 17.7. The van der Waals surface area contributed by atoms with Crippen molar-refractivity contribution in [3.8, 4) is 77.9 Å². The highest BCUT2D eigenvalue weighted by Gasteiger charge is 2.20. The van der Waals surface area contributed by atoms with Gasteiger partial charge in [-0.15, -0.1) is 0 Å². The van der Waals surface area contributed by atoms with Crippen molar-refractivity contribution >= 4 is 27.8 Å². The summed E-state index contributed by atoms with van der Waals surface area (Å²) < 4.78 is 0. The standard InChI is InChI=1S/C64H45N/c1-5-17-46(18-6-1)48-31-33-49(34-32-48)50-35-39-57(40-36-50)65(58-41-37-54(38-42-58)61-30-16-26-51-25-13-14-29-60(51)61)59-28-15-27-55(43-59)64-62(52-21-9-3-10-22-52)44-56(47-19-7-2-8-20-47)45-63(64)53-23-11-4-12-24-53/h1-45H. The van der Waals surface area contributed by atoms with Crippen molar-refractivity contribution in [2.24, 2.45) is 0 Å². The van der Waals surface area contributed by atoms with Gasteiger partial charge in [-0.05, 0) is 137 Å². The molecule has 0 heterocycles. The maximum Gasteiger partial charge on any atom is 0.0467 e. The molecule has 11 aromatic carbocycles. The molecule has 1 nitrogen and oxygen atoms in total. The van der Waals surface area contributed by atoms with Crippen LogP contribution in [0.3, 0.4) is 0 Å². The van der Waals surface area contributed by atoms with Gasteiger partial charge in [-0.25, -0.2) is 0 Å². The molecular weight excluding hydrogens is 783 g/mol. The summed E-state index contributed by atoms with van der Waals surface area (Å²) in [4.78, 5) is 2.39. The lowest BCUT2D eigenvalue weighted by Gasteiger charge is -2.27. The minimum Gasteiger partial charge on any atom is -0.310 e.